The standard InChI is InChI=1S/C32H29N3O6.Na.H/c1-40-29-15-20(14-26-24(29)6-9-35(26)23-3-4-23)30(37)34-10-7-32(8-11-34)16-27(36)25-13-19(2-5-28(25)41-32)21-12-22(31(38)39)18-33-17-21;;/h2,5-6,9,12-15,17-18,23H,3-4,7-8,10-11,16H2,1H3,(H,38,39);;. The first-order valence-corrected chi connectivity index (χ1v) is 13.9. The number of amides is 1. The van der Waals surface area contributed by atoms with Crippen LogP contribution in [-0.4, -0.2) is 92.6 Å². The summed E-state index contributed by atoms with van der Waals surface area (Å²) in [4.78, 5) is 44.2. The predicted octanol–water partition coefficient (Wildman–Crippen LogP) is 4.74. The number of ether oxygens (including phenoxy) is 2. The van der Waals surface area contributed by atoms with Gasteiger partial charge in [0.15, 0.2) is 5.78 Å². The van der Waals surface area contributed by atoms with Crippen LogP contribution in [-0.2, 0) is 0 Å². The van der Waals surface area contributed by atoms with E-state index in [0.717, 1.165) is 23.7 Å². The van der Waals surface area contributed by atoms with Crippen molar-refractivity contribution in [3.8, 4) is 22.6 Å². The first-order valence-electron chi connectivity index (χ1n) is 13.9. The molecule has 4 aromatic rings. The van der Waals surface area contributed by atoms with Crippen LogP contribution in [0.25, 0.3) is 22.0 Å². The maximum absolute atomic E-state index is 13.6. The topological polar surface area (TPSA) is 111 Å². The van der Waals surface area contributed by atoms with Crippen LogP contribution in [0.5, 0.6) is 11.5 Å². The van der Waals surface area contributed by atoms with Gasteiger partial charge in [0.2, 0.25) is 0 Å². The van der Waals surface area contributed by atoms with E-state index in [1.54, 1.807) is 25.4 Å². The van der Waals surface area contributed by atoms with Crippen LogP contribution in [0.3, 0.4) is 0 Å². The molecule has 210 valence electrons. The van der Waals surface area contributed by atoms with Gasteiger partial charge in [-0.15, -0.1) is 0 Å². The monoisotopic (exact) mass is 575 g/mol. The van der Waals surface area contributed by atoms with Crippen molar-refractivity contribution in [2.24, 2.45) is 0 Å². The molecule has 4 heterocycles. The zero-order valence-electron chi connectivity index (χ0n) is 22.6. The summed E-state index contributed by atoms with van der Waals surface area (Å²) < 4.78 is 14.3. The van der Waals surface area contributed by atoms with Gasteiger partial charge in [0.25, 0.3) is 5.91 Å². The number of piperidine rings is 1. The van der Waals surface area contributed by atoms with Gasteiger partial charge in [-0.2, -0.15) is 0 Å². The molecule has 2 aromatic carbocycles. The summed E-state index contributed by atoms with van der Waals surface area (Å²) in [7, 11) is 1.63. The number of carboxylic acids is 1. The van der Waals surface area contributed by atoms with E-state index in [4.69, 9.17) is 9.47 Å². The summed E-state index contributed by atoms with van der Waals surface area (Å²) in [5.74, 6) is 0.0831. The van der Waals surface area contributed by atoms with E-state index in [9.17, 15) is 19.5 Å². The summed E-state index contributed by atoms with van der Waals surface area (Å²) in [6, 6.07) is 13.2. The number of benzene rings is 2. The Kier molecular flexibility index (Phi) is 7.37. The molecule has 7 rings (SSSR count). The Morgan fingerprint density at radius 1 is 1.02 bits per heavy atom. The van der Waals surface area contributed by atoms with Crippen molar-refractivity contribution >= 4 is 58.1 Å². The van der Waals surface area contributed by atoms with E-state index in [-0.39, 0.29) is 53.2 Å². The van der Waals surface area contributed by atoms with E-state index in [2.05, 4.69) is 15.7 Å². The molecule has 0 bridgehead atoms. The van der Waals surface area contributed by atoms with E-state index in [0.29, 0.717) is 65.7 Å². The van der Waals surface area contributed by atoms with Gasteiger partial charge in [-0.25, -0.2) is 4.79 Å². The third-order valence-electron chi connectivity index (χ3n) is 8.58. The molecular formula is C32H30N3NaO6. The molecule has 2 fully saturated rings. The molecule has 3 aliphatic rings. The predicted molar refractivity (Wildman–Crippen MR) is 158 cm³/mol. The van der Waals surface area contributed by atoms with Gasteiger partial charge < -0.3 is 24.0 Å². The molecule has 2 aromatic heterocycles. The third-order valence-corrected chi connectivity index (χ3v) is 8.58. The fraction of sp³-hybridized carbons (Fsp3) is 0.312. The molecule has 10 heteroatoms. The SMILES string of the molecule is COc1cc(C(=O)N2CCC3(CC2)CC(=O)c2cc(-c4cncc(C(=O)O)c4)ccc2O3)cc2c1ccn2C1CC1.[NaH]. The Morgan fingerprint density at radius 2 is 1.81 bits per heavy atom. The Bertz CT molecular complexity index is 1740. The molecule has 1 spiro atoms. The van der Waals surface area contributed by atoms with Crippen molar-refractivity contribution in [1.29, 1.82) is 0 Å². The molecule has 0 unspecified atom stereocenters. The van der Waals surface area contributed by atoms with Crippen LogP contribution in [0.1, 0.15) is 69.2 Å². The molecule has 42 heavy (non-hydrogen) atoms. The maximum atomic E-state index is 13.6. The number of hydrogen-bond acceptors (Lipinski definition) is 6. The van der Waals surface area contributed by atoms with E-state index < -0.39 is 11.6 Å². The summed E-state index contributed by atoms with van der Waals surface area (Å²) in [5.41, 5.74) is 2.84. The Balaban J connectivity index is 0.00000316. The molecule has 0 atom stereocenters. The Morgan fingerprint density at radius 3 is 2.52 bits per heavy atom. The number of hydrogen-bond donors (Lipinski definition) is 1. The summed E-state index contributed by atoms with van der Waals surface area (Å²) in [6.45, 7) is 0.967. The van der Waals surface area contributed by atoms with E-state index in [1.807, 2.05) is 29.2 Å². The second-order valence-corrected chi connectivity index (χ2v) is 11.2. The minimum absolute atomic E-state index is 0. The number of carbonyl (C=O) groups is 3. The average Bonchev–Trinajstić information content (AvgIpc) is 3.74. The first kappa shape index (κ1) is 28.5. The van der Waals surface area contributed by atoms with Gasteiger partial charge in [-0.05, 0) is 54.8 Å². The molecule has 2 aliphatic heterocycles. The van der Waals surface area contributed by atoms with Crippen molar-refractivity contribution in [1.82, 2.24) is 14.5 Å². The van der Waals surface area contributed by atoms with Crippen LogP contribution in [0.4, 0.5) is 0 Å². The number of carboxylic acid groups (broad SMARTS) is 1. The molecule has 1 saturated carbocycles. The number of nitrogens with zero attached hydrogens (tertiary/aromatic N) is 3. The molecule has 9 nitrogen and oxygen atoms in total. The van der Waals surface area contributed by atoms with Crippen molar-refractivity contribution < 1.29 is 29.0 Å². The summed E-state index contributed by atoms with van der Waals surface area (Å²) >= 11 is 0. The zero-order chi connectivity index (χ0) is 28.3. The molecule has 1 N–H and O–H groups in total. The van der Waals surface area contributed by atoms with Gasteiger partial charge in [0, 0.05) is 67.1 Å². The van der Waals surface area contributed by atoms with Gasteiger partial charge >= 0.3 is 35.5 Å². The first-order chi connectivity index (χ1) is 19.8. The number of likely N-dealkylation sites (tertiary alicyclic amines) is 1. The fourth-order valence-electron chi connectivity index (χ4n) is 6.16. The zero-order valence-corrected chi connectivity index (χ0v) is 22.6. The molecular weight excluding hydrogens is 545 g/mol. The molecule has 0 radical (unpaired) electrons. The number of fused-ring (bicyclic) bond motifs is 2. The number of rotatable bonds is 5. The van der Waals surface area contributed by atoms with Crippen LogP contribution < -0.4 is 9.47 Å². The number of Topliss-reactive ketones (excluding diaryl/α,β-unsaturated/α-hetero) is 1. The number of aromatic carboxylic acids is 1. The van der Waals surface area contributed by atoms with Crippen molar-refractivity contribution in [3.05, 3.63) is 77.7 Å². The van der Waals surface area contributed by atoms with Gasteiger partial charge in [0.05, 0.1) is 30.2 Å². The number of pyridine rings is 1. The quantitative estimate of drug-likeness (QED) is 0.343. The molecule has 1 aliphatic carbocycles. The summed E-state index contributed by atoms with van der Waals surface area (Å²) in [5, 5.41) is 10.3. The normalized spacial score (nSPS) is 17.4. The van der Waals surface area contributed by atoms with Crippen LogP contribution >= 0.6 is 0 Å². The number of ketones is 1. The fourth-order valence-corrected chi connectivity index (χ4v) is 6.16. The Hall–Kier alpha value is -3.66. The number of aromatic nitrogens is 2. The molecule has 1 saturated heterocycles. The van der Waals surface area contributed by atoms with Crippen LogP contribution in [0.15, 0.2) is 61.1 Å². The van der Waals surface area contributed by atoms with Crippen molar-refractivity contribution in [2.75, 3.05) is 20.2 Å². The average molecular weight is 576 g/mol. The second-order valence-electron chi connectivity index (χ2n) is 11.2. The van der Waals surface area contributed by atoms with Gasteiger partial charge in [-0.3, -0.25) is 14.6 Å². The Labute approximate surface area is 264 Å². The van der Waals surface area contributed by atoms with E-state index >= 15 is 0 Å². The van der Waals surface area contributed by atoms with Crippen molar-refractivity contribution in [3.63, 3.8) is 0 Å². The number of methoxy groups -OCH3 is 1. The van der Waals surface area contributed by atoms with E-state index in [1.165, 1.54) is 12.3 Å². The minimum atomic E-state index is -1.06. The summed E-state index contributed by atoms with van der Waals surface area (Å²) in [6.07, 6.45) is 8.57. The molecule has 1 amide bonds. The van der Waals surface area contributed by atoms with Gasteiger partial charge in [0.1, 0.15) is 17.1 Å². The van der Waals surface area contributed by atoms with Crippen LogP contribution in [0.2, 0.25) is 0 Å². The number of carbonyl (C=O) groups excluding carboxylic acids is 2. The van der Waals surface area contributed by atoms with Crippen molar-refractivity contribution in [2.45, 2.75) is 43.7 Å². The van der Waals surface area contributed by atoms with Crippen LogP contribution in [0, 0.1) is 0 Å². The third kappa shape index (κ3) is 4.99. The second kappa shape index (κ2) is 10.9. The van der Waals surface area contributed by atoms with Gasteiger partial charge in [-0.1, -0.05) is 6.07 Å².